The Kier molecular flexibility index (Phi) is 6.78. The van der Waals surface area contributed by atoms with Gasteiger partial charge in [0.2, 0.25) is 5.52 Å². The molecule has 1 saturated heterocycles. The van der Waals surface area contributed by atoms with Crippen LogP contribution in [0, 0.1) is 0 Å². The first-order chi connectivity index (χ1) is 10.2. The molecule has 1 aliphatic rings. The Morgan fingerprint density at radius 2 is 2.14 bits per heavy atom. The lowest BCUT2D eigenvalue weighted by molar-refractivity contribution is -0.642. The predicted octanol–water partition coefficient (Wildman–Crippen LogP) is 2.83. The van der Waals surface area contributed by atoms with Gasteiger partial charge in [-0.25, -0.2) is 0 Å². The van der Waals surface area contributed by atoms with Crippen LogP contribution < -0.4 is 9.67 Å². The van der Waals surface area contributed by atoms with Crippen molar-refractivity contribution in [1.82, 2.24) is 4.90 Å². The molecule has 2 heterocycles. The second kappa shape index (κ2) is 8.36. The van der Waals surface area contributed by atoms with Crippen LogP contribution in [0.25, 0.3) is 16.3 Å². The molecule has 6 heteroatoms. The Hall–Kier alpha value is -0.310. The third-order valence-electron chi connectivity index (χ3n) is 3.32. The minimum Gasteiger partial charge on any atom is -0.847 e. The molecule has 0 spiro atoms. The lowest BCUT2D eigenvalue weighted by Gasteiger charge is -2.14. The number of benzene rings is 1. The fraction of sp³-hybridized carbons (Fsp3) is 0.400. The lowest BCUT2D eigenvalue weighted by Crippen LogP contribution is -2.29. The number of thioether (sulfide) groups is 1. The number of aromatic nitrogens is 1. The van der Waals surface area contributed by atoms with Crippen molar-refractivity contribution in [3.8, 4) is 0 Å². The van der Waals surface area contributed by atoms with E-state index in [1.165, 1.54) is 32.6 Å². The van der Waals surface area contributed by atoms with E-state index in [1.54, 1.807) is 22.6 Å². The summed E-state index contributed by atoms with van der Waals surface area (Å²) >= 11 is 5.57. The van der Waals surface area contributed by atoms with Gasteiger partial charge in [0.1, 0.15) is 11.7 Å². The highest BCUT2D eigenvalue weighted by Gasteiger charge is 2.20. The van der Waals surface area contributed by atoms with E-state index in [9.17, 15) is 0 Å². The molecule has 0 atom stereocenters. The first-order valence-corrected chi connectivity index (χ1v) is 10.1. The lowest BCUT2D eigenvalue weighted by atomic mass is 10.3. The summed E-state index contributed by atoms with van der Waals surface area (Å²) in [6.07, 6.45) is 2.34. The van der Waals surface area contributed by atoms with Crippen LogP contribution in [0.2, 0.25) is 0 Å². The molecule has 0 bridgehead atoms. The van der Waals surface area contributed by atoms with E-state index in [0.717, 1.165) is 6.54 Å². The smallest absolute Gasteiger partial charge is 0.265 e. The molecule has 3 nitrogen and oxygen atoms in total. The molecular weight excluding hydrogens is 415 g/mol. The van der Waals surface area contributed by atoms with Gasteiger partial charge >= 0.3 is 0 Å². The summed E-state index contributed by atoms with van der Waals surface area (Å²) in [7, 11) is 2.15. The highest BCUT2D eigenvalue weighted by Crippen LogP contribution is 2.30. The minimum atomic E-state index is -0.0300. The SMILES string of the molecule is CCN1CCS/C1=C/c1sc2ccccc2[n+]1C.[O-]CI. The van der Waals surface area contributed by atoms with Crippen LogP contribution in [0.15, 0.2) is 29.3 Å². The Balaban J connectivity index is 0.000000497. The van der Waals surface area contributed by atoms with Crippen molar-refractivity contribution in [3.63, 3.8) is 0 Å². The van der Waals surface area contributed by atoms with Crippen molar-refractivity contribution < 1.29 is 9.67 Å². The van der Waals surface area contributed by atoms with Gasteiger partial charge in [0, 0.05) is 24.9 Å². The molecule has 1 aromatic heterocycles. The summed E-state index contributed by atoms with van der Waals surface area (Å²) in [6, 6.07) is 8.60. The van der Waals surface area contributed by atoms with Crippen LogP contribution in [-0.4, -0.2) is 28.4 Å². The maximum absolute atomic E-state index is 8.92. The van der Waals surface area contributed by atoms with Crippen molar-refractivity contribution in [2.75, 3.05) is 23.5 Å². The number of hydrogen-bond donors (Lipinski definition) is 0. The van der Waals surface area contributed by atoms with Gasteiger partial charge in [-0.3, -0.25) is 0 Å². The molecule has 1 aromatic carbocycles. The summed E-state index contributed by atoms with van der Waals surface area (Å²) in [4.78, 5) is 2.45. The number of fused-ring (bicyclic) bond motifs is 1. The Morgan fingerprint density at radius 3 is 2.81 bits per heavy atom. The molecule has 0 unspecified atom stereocenters. The normalized spacial score (nSPS) is 16.4. The van der Waals surface area contributed by atoms with Gasteiger partial charge in [-0.05, 0) is 13.0 Å². The third kappa shape index (κ3) is 4.12. The van der Waals surface area contributed by atoms with Crippen molar-refractivity contribution in [2.45, 2.75) is 6.92 Å². The number of thiazole rings is 1. The van der Waals surface area contributed by atoms with Gasteiger partial charge in [0.05, 0.1) is 11.1 Å². The number of alkyl halides is 1. The highest BCUT2D eigenvalue weighted by molar-refractivity contribution is 14.1. The van der Waals surface area contributed by atoms with E-state index in [2.05, 4.69) is 53.8 Å². The Labute approximate surface area is 147 Å². The Bertz CT molecular complexity index is 627. The molecule has 1 fully saturated rings. The van der Waals surface area contributed by atoms with Gasteiger partial charge in [0.25, 0.3) is 5.01 Å². The van der Waals surface area contributed by atoms with Gasteiger partial charge in [0.15, 0.2) is 0 Å². The number of para-hydroxylation sites is 1. The van der Waals surface area contributed by atoms with Gasteiger partial charge < -0.3 is 10.0 Å². The summed E-state index contributed by atoms with van der Waals surface area (Å²) in [5.41, 5.74) is 1.32. The zero-order valence-corrected chi connectivity index (χ0v) is 16.0. The van der Waals surface area contributed by atoms with E-state index < -0.39 is 0 Å². The van der Waals surface area contributed by atoms with E-state index >= 15 is 0 Å². The zero-order valence-electron chi connectivity index (χ0n) is 12.2. The summed E-state index contributed by atoms with van der Waals surface area (Å²) in [5, 5.41) is 11.7. The molecule has 0 radical (unpaired) electrons. The predicted molar refractivity (Wildman–Crippen MR) is 99.6 cm³/mol. The van der Waals surface area contributed by atoms with E-state index in [1.807, 2.05) is 23.1 Å². The number of halogens is 1. The monoisotopic (exact) mass is 434 g/mol. The quantitative estimate of drug-likeness (QED) is 0.414. The van der Waals surface area contributed by atoms with Crippen LogP contribution in [-0.2, 0) is 7.05 Å². The number of nitrogens with zero attached hydrogens (tertiary/aromatic N) is 2. The summed E-state index contributed by atoms with van der Waals surface area (Å²) in [5.74, 6) is 1.22. The van der Waals surface area contributed by atoms with Gasteiger partial charge in [-0.15, -0.1) is 34.4 Å². The van der Waals surface area contributed by atoms with Gasteiger partial charge in [-0.1, -0.05) is 28.1 Å². The van der Waals surface area contributed by atoms with Crippen LogP contribution in [0.5, 0.6) is 0 Å². The fourth-order valence-corrected chi connectivity index (χ4v) is 4.54. The molecule has 2 aromatic rings. The second-order valence-corrected chi connectivity index (χ2v) is 7.29. The van der Waals surface area contributed by atoms with Crippen molar-refractivity contribution in [3.05, 3.63) is 34.3 Å². The molecule has 0 aliphatic carbocycles. The molecule has 21 heavy (non-hydrogen) atoms. The number of hydrogen-bond acceptors (Lipinski definition) is 4. The van der Waals surface area contributed by atoms with Crippen LogP contribution in [0.1, 0.15) is 11.9 Å². The maximum Gasteiger partial charge on any atom is 0.265 e. The average molecular weight is 434 g/mol. The largest absolute Gasteiger partial charge is 0.847 e. The molecule has 3 rings (SSSR count). The van der Waals surface area contributed by atoms with Crippen LogP contribution >= 0.6 is 45.7 Å². The van der Waals surface area contributed by atoms with Crippen molar-refractivity contribution >= 4 is 62.0 Å². The molecule has 114 valence electrons. The first kappa shape index (κ1) is 17.1. The van der Waals surface area contributed by atoms with Crippen molar-refractivity contribution in [2.24, 2.45) is 7.05 Å². The first-order valence-electron chi connectivity index (χ1n) is 6.82. The Morgan fingerprint density at radius 1 is 1.43 bits per heavy atom. The molecule has 0 N–H and O–H groups in total. The number of aryl methyl sites for hydroxylation is 1. The van der Waals surface area contributed by atoms with E-state index in [4.69, 9.17) is 5.11 Å². The summed E-state index contributed by atoms with van der Waals surface area (Å²) in [6.45, 7) is 4.51. The van der Waals surface area contributed by atoms with E-state index in [0.29, 0.717) is 0 Å². The topological polar surface area (TPSA) is 30.2 Å². The molecular formula is C15H19IN2OS2. The zero-order chi connectivity index (χ0) is 15.2. The molecule has 0 amide bonds. The minimum absolute atomic E-state index is 0.0300. The third-order valence-corrected chi connectivity index (χ3v) is 5.55. The fourth-order valence-electron chi connectivity index (χ4n) is 2.26. The highest BCUT2D eigenvalue weighted by atomic mass is 127. The second-order valence-electron chi connectivity index (χ2n) is 4.49. The molecule has 1 aliphatic heterocycles. The average Bonchev–Trinajstić information content (AvgIpc) is 3.06. The van der Waals surface area contributed by atoms with Crippen molar-refractivity contribution in [1.29, 1.82) is 0 Å². The maximum atomic E-state index is 8.92. The van der Waals surface area contributed by atoms with Gasteiger partial charge in [-0.2, -0.15) is 4.57 Å². The van der Waals surface area contributed by atoms with Crippen LogP contribution in [0.3, 0.4) is 0 Å². The van der Waals surface area contributed by atoms with E-state index in [-0.39, 0.29) is 4.61 Å². The molecule has 0 saturated carbocycles. The summed E-state index contributed by atoms with van der Waals surface area (Å²) < 4.78 is 3.62. The van der Waals surface area contributed by atoms with Crippen LogP contribution in [0.4, 0.5) is 0 Å². The number of rotatable bonds is 2. The standard InChI is InChI=1S/C14H17N2S2.CH2IO/c1-3-16-8-9-17-14(16)10-13-15(2)11-6-4-5-7-12(11)18-13;2-1-3/h4-7,10H,3,8-9H2,1-2H3;1H2/q+1;-1.